The molecule has 80 valence electrons. The van der Waals surface area contributed by atoms with Crippen molar-refractivity contribution in [3.05, 3.63) is 35.9 Å². The van der Waals surface area contributed by atoms with Crippen molar-refractivity contribution in [2.75, 3.05) is 6.73 Å². The number of nitrogens with two attached hydrogens (primary N) is 1. The second kappa shape index (κ2) is 6.21. The highest BCUT2D eigenvalue weighted by molar-refractivity contribution is 6.36. The first kappa shape index (κ1) is 11.7. The quantitative estimate of drug-likeness (QED) is 0.522. The zero-order valence-corrected chi connectivity index (χ0v) is 8.43. The molecule has 0 saturated carbocycles. The normalized spacial score (nSPS) is 12.1. The molecule has 5 heteroatoms. The SMILES string of the molecule is NCOBC(Cc1ccccc1)C(=O)O. The summed E-state index contributed by atoms with van der Waals surface area (Å²) in [5.74, 6) is -1.39. The maximum absolute atomic E-state index is 10.9. The van der Waals surface area contributed by atoms with Gasteiger partial charge in [-0.2, -0.15) is 0 Å². The van der Waals surface area contributed by atoms with Crippen molar-refractivity contribution in [2.24, 2.45) is 5.73 Å². The van der Waals surface area contributed by atoms with E-state index in [1.807, 2.05) is 30.3 Å². The van der Waals surface area contributed by atoms with Crippen molar-refractivity contribution < 1.29 is 14.6 Å². The lowest BCUT2D eigenvalue weighted by Crippen LogP contribution is -2.21. The standard InChI is InChI=1S/C10H14BNO3/c12-7-15-11-9(10(13)14)6-8-4-2-1-3-5-8/h1-5,9,11H,6-7,12H2,(H,13,14). The Bertz CT molecular complexity index is 305. The number of carboxylic acid groups (broad SMARTS) is 1. The summed E-state index contributed by atoms with van der Waals surface area (Å²) < 4.78 is 4.93. The van der Waals surface area contributed by atoms with Gasteiger partial charge in [0.1, 0.15) is 0 Å². The largest absolute Gasteiger partial charge is 0.481 e. The molecule has 1 aromatic rings. The maximum Gasteiger partial charge on any atom is 0.301 e. The van der Waals surface area contributed by atoms with Crippen LogP contribution in [0.25, 0.3) is 0 Å². The zero-order chi connectivity index (χ0) is 11.1. The second-order valence-corrected chi connectivity index (χ2v) is 3.26. The van der Waals surface area contributed by atoms with Crippen LogP contribution in [-0.4, -0.2) is 25.3 Å². The van der Waals surface area contributed by atoms with Crippen molar-refractivity contribution >= 4 is 13.5 Å². The summed E-state index contributed by atoms with van der Waals surface area (Å²) in [5.41, 5.74) is 6.15. The first-order chi connectivity index (χ1) is 7.24. The second-order valence-electron chi connectivity index (χ2n) is 3.26. The number of rotatable bonds is 6. The van der Waals surface area contributed by atoms with E-state index in [1.165, 1.54) is 0 Å². The fourth-order valence-electron chi connectivity index (χ4n) is 1.33. The molecule has 0 fully saturated rings. The summed E-state index contributed by atoms with van der Waals surface area (Å²) in [5, 5.41) is 8.94. The third-order valence-corrected chi connectivity index (χ3v) is 2.11. The topological polar surface area (TPSA) is 72.5 Å². The summed E-state index contributed by atoms with van der Waals surface area (Å²) in [4.78, 5) is 10.9. The van der Waals surface area contributed by atoms with E-state index in [9.17, 15) is 4.79 Å². The fraction of sp³-hybridized carbons (Fsp3) is 0.300. The molecule has 0 spiro atoms. The Morgan fingerprint density at radius 3 is 2.67 bits per heavy atom. The molecule has 0 aliphatic heterocycles. The Kier molecular flexibility index (Phi) is 4.87. The lowest BCUT2D eigenvalue weighted by atomic mass is 9.76. The summed E-state index contributed by atoms with van der Waals surface area (Å²) >= 11 is 0. The van der Waals surface area contributed by atoms with Gasteiger partial charge in [0.25, 0.3) is 7.48 Å². The van der Waals surface area contributed by atoms with Crippen LogP contribution in [0.3, 0.4) is 0 Å². The molecular formula is C10H14BNO3. The Balaban J connectivity index is 2.55. The predicted molar refractivity (Wildman–Crippen MR) is 58.8 cm³/mol. The summed E-state index contributed by atoms with van der Waals surface area (Å²) in [6, 6.07) is 9.47. The van der Waals surface area contributed by atoms with Gasteiger partial charge in [-0.1, -0.05) is 30.3 Å². The minimum atomic E-state index is -0.854. The van der Waals surface area contributed by atoms with Crippen LogP contribution in [-0.2, 0) is 15.9 Å². The van der Waals surface area contributed by atoms with Gasteiger partial charge >= 0.3 is 5.97 Å². The van der Waals surface area contributed by atoms with E-state index in [1.54, 1.807) is 0 Å². The summed E-state index contributed by atoms with van der Waals surface area (Å²) in [7, 11) is 0.153. The van der Waals surface area contributed by atoms with E-state index in [2.05, 4.69) is 0 Å². The van der Waals surface area contributed by atoms with Crippen LogP contribution in [0.15, 0.2) is 30.3 Å². The van der Waals surface area contributed by atoms with Gasteiger partial charge in [0.15, 0.2) is 0 Å². The molecule has 1 rings (SSSR count). The third kappa shape index (κ3) is 4.14. The highest BCUT2D eigenvalue weighted by Gasteiger charge is 2.19. The molecule has 0 aliphatic rings. The average Bonchev–Trinajstić information content (AvgIpc) is 2.25. The Morgan fingerprint density at radius 2 is 2.13 bits per heavy atom. The summed E-state index contributed by atoms with van der Waals surface area (Å²) in [6.45, 7) is 0.0541. The van der Waals surface area contributed by atoms with Crippen LogP contribution in [0.5, 0.6) is 0 Å². The monoisotopic (exact) mass is 207 g/mol. The van der Waals surface area contributed by atoms with Crippen LogP contribution in [0, 0.1) is 0 Å². The van der Waals surface area contributed by atoms with Crippen molar-refractivity contribution in [3.63, 3.8) is 0 Å². The maximum atomic E-state index is 10.9. The van der Waals surface area contributed by atoms with Crippen LogP contribution >= 0.6 is 0 Å². The summed E-state index contributed by atoms with van der Waals surface area (Å²) in [6.07, 6.45) is 0.468. The van der Waals surface area contributed by atoms with E-state index in [4.69, 9.17) is 15.5 Å². The van der Waals surface area contributed by atoms with E-state index < -0.39 is 11.8 Å². The molecule has 0 bridgehead atoms. The molecule has 0 amide bonds. The van der Waals surface area contributed by atoms with E-state index in [0.29, 0.717) is 6.42 Å². The van der Waals surface area contributed by atoms with Gasteiger partial charge in [-0.05, 0) is 12.0 Å². The minimum Gasteiger partial charge on any atom is -0.481 e. The molecule has 3 N–H and O–H groups in total. The molecule has 0 saturated heterocycles. The lowest BCUT2D eigenvalue weighted by molar-refractivity contribution is -0.137. The molecule has 15 heavy (non-hydrogen) atoms. The molecular weight excluding hydrogens is 193 g/mol. The fourth-order valence-corrected chi connectivity index (χ4v) is 1.33. The Morgan fingerprint density at radius 1 is 1.47 bits per heavy atom. The molecule has 1 aromatic carbocycles. The third-order valence-electron chi connectivity index (χ3n) is 2.11. The van der Waals surface area contributed by atoms with Crippen LogP contribution < -0.4 is 5.73 Å². The number of carboxylic acids is 1. The van der Waals surface area contributed by atoms with Gasteiger partial charge in [0.2, 0.25) is 0 Å². The number of benzene rings is 1. The number of carbonyl (C=O) groups is 1. The molecule has 0 aliphatic carbocycles. The van der Waals surface area contributed by atoms with Crippen molar-refractivity contribution in [3.8, 4) is 0 Å². The van der Waals surface area contributed by atoms with Gasteiger partial charge in [0.05, 0.1) is 12.5 Å². The van der Waals surface area contributed by atoms with Gasteiger partial charge in [0, 0.05) is 0 Å². The predicted octanol–water partition coefficient (Wildman–Crippen LogP) is 0.386. The average molecular weight is 207 g/mol. The van der Waals surface area contributed by atoms with Gasteiger partial charge in [-0.15, -0.1) is 0 Å². The van der Waals surface area contributed by atoms with E-state index in [-0.39, 0.29) is 14.2 Å². The van der Waals surface area contributed by atoms with Crippen molar-refractivity contribution in [1.82, 2.24) is 0 Å². The first-order valence-corrected chi connectivity index (χ1v) is 4.78. The highest BCUT2D eigenvalue weighted by Crippen LogP contribution is 2.13. The van der Waals surface area contributed by atoms with Gasteiger partial charge < -0.3 is 15.5 Å². The van der Waals surface area contributed by atoms with Crippen LogP contribution in [0.2, 0.25) is 5.82 Å². The molecule has 0 heterocycles. The molecule has 1 unspecified atom stereocenters. The molecule has 4 nitrogen and oxygen atoms in total. The molecule has 0 aromatic heterocycles. The van der Waals surface area contributed by atoms with Crippen LogP contribution in [0.4, 0.5) is 0 Å². The van der Waals surface area contributed by atoms with Crippen LogP contribution in [0.1, 0.15) is 5.56 Å². The van der Waals surface area contributed by atoms with Gasteiger partial charge in [-0.25, -0.2) is 0 Å². The lowest BCUT2D eigenvalue weighted by Gasteiger charge is -2.10. The van der Waals surface area contributed by atoms with Crippen molar-refractivity contribution in [1.29, 1.82) is 0 Å². The zero-order valence-electron chi connectivity index (χ0n) is 8.43. The molecule has 1 atom stereocenters. The van der Waals surface area contributed by atoms with Crippen molar-refractivity contribution in [2.45, 2.75) is 12.2 Å². The molecule has 0 radical (unpaired) electrons. The highest BCUT2D eigenvalue weighted by atomic mass is 16.4. The smallest absolute Gasteiger partial charge is 0.301 e. The minimum absolute atomic E-state index is 0.0541. The number of aliphatic carboxylic acids is 1. The number of hydrogen-bond acceptors (Lipinski definition) is 3. The first-order valence-electron chi connectivity index (χ1n) is 4.78. The number of hydrogen-bond donors (Lipinski definition) is 2. The Labute approximate surface area is 89.3 Å². The van der Waals surface area contributed by atoms with E-state index >= 15 is 0 Å². The van der Waals surface area contributed by atoms with Gasteiger partial charge in [-0.3, -0.25) is 4.79 Å². The Hall–Kier alpha value is -1.33. The van der Waals surface area contributed by atoms with E-state index in [0.717, 1.165) is 5.56 Å².